The molecule has 4 nitrogen and oxygen atoms in total. The van der Waals surface area contributed by atoms with Gasteiger partial charge in [0.25, 0.3) is 5.91 Å². The smallest absolute Gasteiger partial charge is 0.272 e. The van der Waals surface area contributed by atoms with Crippen molar-refractivity contribution in [3.63, 3.8) is 0 Å². The Bertz CT molecular complexity index is 1020. The van der Waals surface area contributed by atoms with Crippen molar-refractivity contribution in [3.05, 3.63) is 69.4 Å². The molecule has 29 heavy (non-hydrogen) atoms. The Balaban J connectivity index is 1.79. The first kappa shape index (κ1) is 20.2. The number of halogens is 2. The van der Waals surface area contributed by atoms with Gasteiger partial charge in [0.2, 0.25) is 0 Å². The van der Waals surface area contributed by atoms with Gasteiger partial charge >= 0.3 is 0 Å². The largest absolute Gasteiger partial charge is 0.348 e. The third kappa shape index (κ3) is 4.26. The molecular weight excluding hydrogens is 450 g/mol. The SMILES string of the molecule is Cc1ccccc1-c1nc(C(=O)NC2CCCCC2)c(Br)n1-c1ccc(Cl)cc1. The summed E-state index contributed by atoms with van der Waals surface area (Å²) in [5.74, 6) is 0.595. The third-order valence-corrected chi connectivity index (χ3v) is 6.43. The van der Waals surface area contributed by atoms with Crippen molar-refractivity contribution in [1.29, 1.82) is 0 Å². The molecule has 4 rings (SSSR count). The molecule has 0 bridgehead atoms. The van der Waals surface area contributed by atoms with Crippen LogP contribution in [0.2, 0.25) is 5.02 Å². The summed E-state index contributed by atoms with van der Waals surface area (Å²) in [5, 5.41) is 3.84. The number of rotatable bonds is 4. The van der Waals surface area contributed by atoms with Crippen LogP contribution in [0, 0.1) is 6.92 Å². The second-order valence-corrected chi connectivity index (χ2v) is 8.70. The molecule has 0 spiro atoms. The second kappa shape index (κ2) is 8.72. The van der Waals surface area contributed by atoms with E-state index in [0.29, 0.717) is 15.3 Å². The summed E-state index contributed by atoms with van der Waals surface area (Å²) in [6.07, 6.45) is 5.65. The molecule has 0 radical (unpaired) electrons. The van der Waals surface area contributed by atoms with Crippen molar-refractivity contribution in [1.82, 2.24) is 14.9 Å². The molecule has 1 aromatic heterocycles. The summed E-state index contributed by atoms with van der Waals surface area (Å²) in [7, 11) is 0. The second-order valence-electron chi connectivity index (χ2n) is 7.51. The summed E-state index contributed by atoms with van der Waals surface area (Å²) in [6.45, 7) is 2.05. The number of hydrogen-bond donors (Lipinski definition) is 1. The maximum Gasteiger partial charge on any atom is 0.272 e. The first-order valence-corrected chi connectivity index (χ1v) is 11.1. The van der Waals surface area contributed by atoms with Gasteiger partial charge in [-0.1, -0.05) is 55.1 Å². The topological polar surface area (TPSA) is 46.9 Å². The summed E-state index contributed by atoms with van der Waals surface area (Å²) >= 11 is 9.74. The van der Waals surface area contributed by atoms with Crippen LogP contribution in [-0.2, 0) is 0 Å². The van der Waals surface area contributed by atoms with Crippen LogP contribution in [-0.4, -0.2) is 21.5 Å². The van der Waals surface area contributed by atoms with Crippen LogP contribution >= 0.6 is 27.5 Å². The normalized spacial score (nSPS) is 14.7. The third-order valence-electron chi connectivity index (χ3n) is 5.45. The molecule has 3 aromatic rings. The van der Waals surface area contributed by atoms with Gasteiger partial charge in [-0.05, 0) is 65.5 Å². The Morgan fingerprint density at radius 3 is 2.48 bits per heavy atom. The lowest BCUT2D eigenvalue weighted by molar-refractivity contribution is 0.0922. The van der Waals surface area contributed by atoms with Crippen LogP contribution in [0.25, 0.3) is 17.1 Å². The van der Waals surface area contributed by atoms with Gasteiger partial charge in [0.15, 0.2) is 5.69 Å². The number of carbonyl (C=O) groups excluding carboxylic acids is 1. The zero-order valence-corrected chi connectivity index (χ0v) is 18.6. The first-order valence-electron chi connectivity index (χ1n) is 9.95. The Labute approximate surface area is 184 Å². The highest BCUT2D eigenvalue weighted by molar-refractivity contribution is 9.10. The fraction of sp³-hybridized carbons (Fsp3) is 0.304. The van der Waals surface area contributed by atoms with Crippen molar-refractivity contribution >= 4 is 33.4 Å². The van der Waals surface area contributed by atoms with Gasteiger partial charge in [-0.2, -0.15) is 0 Å². The van der Waals surface area contributed by atoms with E-state index in [4.69, 9.17) is 16.6 Å². The number of amides is 1. The highest BCUT2D eigenvalue weighted by Gasteiger charge is 2.25. The standard InChI is InChI=1S/C23H23BrClN3O/c1-15-7-5-6-10-19(15)22-27-20(23(29)26-17-8-3-2-4-9-17)21(24)28(22)18-13-11-16(25)12-14-18/h5-7,10-14,17H,2-4,8-9H2,1H3,(H,26,29). The van der Waals surface area contributed by atoms with Crippen LogP contribution in [0.1, 0.15) is 48.2 Å². The Hall–Kier alpha value is -2.11. The number of aryl methyl sites for hydroxylation is 1. The number of imidazole rings is 1. The van der Waals surface area contributed by atoms with Crippen LogP contribution in [0.4, 0.5) is 0 Å². The molecule has 1 N–H and O–H groups in total. The van der Waals surface area contributed by atoms with E-state index in [1.807, 2.05) is 60.0 Å². The maximum atomic E-state index is 13.1. The molecule has 0 saturated heterocycles. The fourth-order valence-corrected chi connectivity index (χ4v) is 4.64. The lowest BCUT2D eigenvalue weighted by Gasteiger charge is -2.22. The summed E-state index contributed by atoms with van der Waals surface area (Å²) in [4.78, 5) is 17.8. The molecule has 0 aliphatic heterocycles. The van der Waals surface area contributed by atoms with Gasteiger partial charge in [0.1, 0.15) is 10.4 Å². The van der Waals surface area contributed by atoms with E-state index in [-0.39, 0.29) is 11.9 Å². The van der Waals surface area contributed by atoms with Gasteiger partial charge in [-0.25, -0.2) is 4.98 Å². The zero-order valence-electron chi connectivity index (χ0n) is 16.3. The summed E-state index contributed by atoms with van der Waals surface area (Å²) in [5.41, 5.74) is 3.38. The van der Waals surface area contributed by atoms with Crippen molar-refractivity contribution in [2.45, 2.75) is 45.1 Å². The monoisotopic (exact) mass is 471 g/mol. The minimum Gasteiger partial charge on any atom is -0.348 e. The van der Waals surface area contributed by atoms with Crippen molar-refractivity contribution in [2.24, 2.45) is 0 Å². The molecule has 1 fully saturated rings. The minimum atomic E-state index is -0.133. The Kier molecular flexibility index (Phi) is 6.07. The van der Waals surface area contributed by atoms with Gasteiger partial charge in [-0.15, -0.1) is 0 Å². The Morgan fingerprint density at radius 2 is 1.79 bits per heavy atom. The Morgan fingerprint density at radius 1 is 1.10 bits per heavy atom. The van der Waals surface area contributed by atoms with E-state index in [1.165, 1.54) is 19.3 Å². The lowest BCUT2D eigenvalue weighted by atomic mass is 9.95. The van der Waals surface area contributed by atoms with E-state index in [2.05, 4.69) is 21.2 Å². The molecule has 1 aliphatic carbocycles. The maximum absolute atomic E-state index is 13.1. The van der Waals surface area contributed by atoms with E-state index in [1.54, 1.807) is 0 Å². The predicted molar refractivity (Wildman–Crippen MR) is 121 cm³/mol. The van der Waals surface area contributed by atoms with Crippen LogP contribution in [0.5, 0.6) is 0 Å². The van der Waals surface area contributed by atoms with Gasteiger partial charge < -0.3 is 5.32 Å². The molecule has 2 aromatic carbocycles. The minimum absolute atomic E-state index is 0.133. The number of aromatic nitrogens is 2. The van der Waals surface area contributed by atoms with Crippen molar-refractivity contribution in [3.8, 4) is 17.1 Å². The molecule has 1 heterocycles. The lowest BCUT2D eigenvalue weighted by Crippen LogP contribution is -2.36. The van der Waals surface area contributed by atoms with E-state index >= 15 is 0 Å². The molecular formula is C23H23BrClN3O. The number of carbonyl (C=O) groups is 1. The number of nitrogens with one attached hydrogen (secondary N) is 1. The number of nitrogens with zero attached hydrogens (tertiary/aromatic N) is 2. The fourth-order valence-electron chi connectivity index (χ4n) is 3.88. The molecule has 6 heteroatoms. The highest BCUT2D eigenvalue weighted by Crippen LogP contribution is 2.32. The number of benzene rings is 2. The summed E-state index contributed by atoms with van der Waals surface area (Å²) in [6, 6.07) is 15.8. The molecule has 1 amide bonds. The highest BCUT2D eigenvalue weighted by atomic mass is 79.9. The summed E-state index contributed by atoms with van der Waals surface area (Å²) < 4.78 is 2.61. The molecule has 150 valence electrons. The van der Waals surface area contributed by atoms with Gasteiger partial charge in [-0.3, -0.25) is 9.36 Å². The van der Waals surface area contributed by atoms with Gasteiger partial charge in [0.05, 0.1) is 0 Å². The van der Waals surface area contributed by atoms with E-state index < -0.39 is 0 Å². The predicted octanol–water partition coefficient (Wildman–Crippen LogP) is 6.33. The molecule has 1 saturated carbocycles. The number of hydrogen-bond acceptors (Lipinski definition) is 2. The van der Waals surface area contributed by atoms with Crippen molar-refractivity contribution < 1.29 is 4.79 Å². The zero-order chi connectivity index (χ0) is 20.4. The molecule has 1 aliphatic rings. The quantitative estimate of drug-likeness (QED) is 0.482. The average Bonchev–Trinajstić information content (AvgIpc) is 3.07. The van der Waals surface area contributed by atoms with Gasteiger partial charge in [0, 0.05) is 22.3 Å². The van der Waals surface area contributed by atoms with E-state index in [0.717, 1.165) is 35.5 Å². The van der Waals surface area contributed by atoms with E-state index in [9.17, 15) is 4.79 Å². The van der Waals surface area contributed by atoms with Crippen LogP contribution in [0.15, 0.2) is 53.1 Å². The average molecular weight is 473 g/mol. The molecule has 0 atom stereocenters. The first-order chi connectivity index (χ1) is 14.0. The van der Waals surface area contributed by atoms with Crippen LogP contribution in [0.3, 0.4) is 0 Å². The van der Waals surface area contributed by atoms with Crippen molar-refractivity contribution in [2.75, 3.05) is 0 Å². The van der Waals surface area contributed by atoms with Crippen LogP contribution < -0.4 is 5.32 Å². The molecule has 0 unspecified atom stereocenters.